The minimum absolute atomic E-state index is 0.0102. The summed E-state index contributed by atoms with van der Waals surface area (Å²) in [4.78, 5) is 51.3. The Kier molecular flexibility index (Phi) is 8.09. The molecule has 2 aromatic rings. The van der Waals surface area contributed by atoms with Crippen molar-refractivity contribution in [1.82, 2.24) is 24.9 Å². The lowest BCUT2D eigenvalue weighted by Gasteiger charge is -2.28. The number of carbonyl (C=O) groups excluding carboxylic acids is 3. The number of nitrogens with zero attached hydrogens (tertiary/aromatic N) is 3. The smallest absolute Gasteiger partial charge is 0.259 e. The first-order valence-corrected chi connectivity index (χ1v) is 17.0. The van der Waals surface area contributed by atoms with Crippen LogP contribution in [-0.4, -0.2) is 76.0 Å². The number of nitrogens with two attached hydrogens (primary N) is 1. The predicted octanol–water partition coefficient (Wildman–Crippen LogP) is 2.15. The van der Waals surface area contributed by atoms with Crippen molar-refractivity contribution in [3.8, 4) is 5.88 Å². The topological polar surface area (TPSA) is 174 Å². The molecule has 242 valence electrons. The van der Waals surface area contributed by atoms with E-state index in [9.17, 15) is 27.2 Å². The van der Waals surface area contributed by atoms with Crippen molar-refractivity contribution in [2.75, 3.05) is 6.54 Å². The number of allylic oxidation sites excluding steroid dienone is 1. The largest absolute Gasteiger partial charge is 0.471 e. The molecule has 14 heteroatoms. The van der Waals surface area contributed by atoms with E-state index in [1.165, 1.54) is 17.0 Å². The summed E-state index contributed by atoms with van der Waals surface area (Å²) in [5.74, 6) is -2.69. The molecule has 1 unspecified atom stereocenters. The van der Waals surface area contributed by atoms with Crippen LogP contribution in [0.3, 0.4) is 0 Å². The number of sulfonamides is 1. The van der Waals surface area contributed by atoms with Crippen LogP contribution in [0.1, 0.15) is 70.4 Å². The minimum atomic E-state index is -3.95. The molecule has 4 N–H and O–H groups in total. The first-order chi connectivity index (χ1) is 21.3. The molecule has 4 aliphatic rings. The second kappa shape index (κ2) is 11.6. The lowest BCUT2D eigenvalue weighted by molar-refractivity contribution is -0.140. The molecule has 3 heterocycles. The van der Waals surface area contributed by atoms with Crippen molar-refractivity contribution in [3.05, 3.63) is 41.9 Å². The first-order valence-electron chi connectivity index (χ1n) is 15.5. The second-order valence-corrected chi connectivity index (χ2v) is 15.2. The molecule has 12 nitrogen and oxygen atoms in total. The average Bonchev–Trinajstić information content (AvgIpc) is 3.86. The molecule has 5 atom stereocenters. The summed E-state index contributed by atoms with van der Waals surface area (Å²) >= 11 is 0. The fraction of sp³-hybridized carbons (Fsp3) is 0.581. The Morgan fingerprint density at radius 2 is 1.98 bits per heavy atom. The molecule has 3 amide bonds. The minimum Gasteiger partial charge on any atom is -0.471 e. The summed E-state index contributed by atoms with van der Waals surface area (Å²) in [5.41, 5.74) is 5.67. The summed E-state index contributed by atoms with van der Waals surface area (Å²) in [7, 11) is -3.95. The van der Waals surface area contributed by atoms with Crippen LogP contribution in [0.2, 0.25) is 0 Å². The van der Waals surface area contributed by atoms with Crippen molar-refractivity contribution in [1.29, 1.82) is 0 Å². The van der Waals surface area contributed by atoms with Gasteiger partial charge in [0, 0.05) is 12.3 Å². The number of nitrogens with one attached hydrogen (secondary N) is 2. The van der Waals surface area contributed by atoms with E-state index in [0.717, 1.165) is 25.7 Å². The number of rotatable bonds is 5. The zero-order valence-corrected chi connectivity index (χ0v) is 26.2. The molecule has 3 fully saturated rings. The number of amides is 3. The van der Waals surface area contributed by atoms with Gasteiger partial charge in [-0.1, -0.05) is 31.1 Å². The van der Waals surface area contributed by atoms with Crippen LogP contribution in [-0.2, 0) is 24.4 Å². The lowest BCUT2D eigenvalue weighted by Crippen LogP contribution is -2.58. The second-order valence-electron chi connectivity index (χ2n) is 13.0. The molecular formula is C31H39FN6O6S. The quantitative estimate of drug-likeness (QED) is 0.413. The zero-order valence-electron chi connectivity index (χ0n) is 25.4. The van der Waals surface area contributed by atoms with E-state index >= 15 is 0 Å². The average molecular weight is 643 g/mol. The third-order valence-corrected chi connectivity index (χ3v) is 11.7. The van der Waals surface area contributed by atoms with Crippen molar-refractivity contribution >= 4 is 38.8 Å². The van der Waals surface area contributed by atoms with Gasteiger partial charge in [-0.3, -0.25) is 19.1 Å². The number of benzene rings is 1. The molecule has 45 heavy (non-hydrogen) atoms. The maximum atomic E-state index is 14.5. The third kappa shape index (κ3) is 6.01. The monoisotopic (exact) mass is 642 g/mol. The summed E-state index contributed by atoms with van der Waals surface area (Å²) in [5, 5.41) is 2.83. The highest BCUT2D eigenvalue weighted by Crippen LogP contribution is 2.47. The van der Waals surface area contributed by atoms with E-state index in [4.69, 9.17) is 10.5 Å². The Labute approximate surface area is 261 Å². The Balaban J connectivity index is 1.27. The van der Waals surface area contributed by atoms with Crippen molar-refractivity contribution < 1.29 is 31.9 Å². The van der Waals surface area contributed by atoms with Gasteiger partial charge in [-0.25, -0.2) is 22.8 Å². The van der Waals surface area contributed by atoms with Gasteiger partial charge in [-0.05, 0) is 64.5 Å². The van der Waals surface area contributed by atoms with Gasteiger partial charge in [0.2, 0.25) is 27.7 Å². The van der Waals surface area contributed by atoms with Gasteiger partial charge in [-0.2, -0.15) is 0 Å². The van der Waals surface area contributed by atoms with Gasteiger partial charge in [0.25, 0.3) is 5.91 Å². The summed E-state index contributed by atoms with van der Waals surface area (Å²) < 4.78 is 47.7. The van der Waals surface area contributed by atoms with Gasteiger partial charge < -0.3 is 20.7 Å². The number of hydrogen-bond acceptors (Lipinski definition) is 9. The van der Waals surface area contributed by atoms with Crippen LogP contribution >= 0.6 is 0 Å². The van der Waals surface area contributed by atoms with E-state index < -0.39 is 68.0 Å². The van der Waals surface area contributed by atoms with Crippen LogP contribution in [0.15, 0.2) is 30.4 Å². The number of carbonyl (C=O) groups is 3. The van der Waals surface area contributed by atoms with Gasteiger partial charge in [0.05, 0.1) is 22.9 Å². The summed E-state index contributed by atoms with van der Waals surface area (Å²) in [6.07, 6.45) is 7.92. The maximum Gasteiger partial charge on any atom is 0.259 e. The molecule has 1 saturated heterocycles. The SMILES string of the molecule is Cc1nc2cccc(F)c2nc1O[C@@H]1CC2C(=O)N[C@]3(C(=O)NS(=O)(=O)C4(C)CC4)C[C@H]3/C=C\CCCCC[C@H](N)C(=O)N2C1. The van der Waals surface area contributed by atoms with Crippen LogP contribution in [0.5, 0.6) is 5.88 Å². The van der Waals surface area contributed by atoms with Crippen molar-refractivity contribution in [3.63, 3.8) is 0 Å². The number of hydrogen-bond donors (Lipinski definition) is 3. The zero-order chi connectivity index (χ0) is 32.1. The number of fused-ring (bicyclic) bond motifs is 3. The van der Waals surface area contributed by atoms with Crippen LogP contribution in [0.4, 0.5) is 4.39 Å². The fourth-order valence-corrected chi connectivity index (χ4v) is 7.54. The number of para-hydroxylation sites is 1. The molecule has 2 aliphatic heterocycles. The lowest BCUT2D eigenvalue weighted by atomic mass is 10.1. The number of ether oxygens (including phenoxy) is 1. The van der Waals surface area contributed by atoms with Gasteiger partial charge in [0.15, 0.2) is 5.82 Å². The van der Waals surface area contributed by atoms with E-state index in [0.29, 0.717) is 30.5 Å². The molecular weight excluding hydrogens is 603 g/mol. The Morgan fingerprint density at radius 1 is 1.20 bits per heavy atom. The number of halogens is 1. The van der Waals surface area contributed by atoms with Crippen LogP contribution in [0, 0.1) is 18.7 Å². The first kappa shape index (κ1) is 31.3. The van der Waals surface area contributed by atoms with E-state index in [-0.39, 0.29) is 30.8 Å². The highest BCUT2D eigenvalue weighted by atomic mass is 32.2. The van der Waals surface area contributed by atoms with E-state index in [2.05, 4.69) is 20.0 Å². The van der Waals surface area contributed by atoms with Gasteiger partial charge in [-0.15, -0.1) is 0 Å². The maximum absolute atomic E-state index is 14.5. The molecule has 1 aromatic carbocycles. The molecule has 0 radical (unpaired) electrons. The Bertz CT molecular complexity index is 1680. The number of aryl methyl sites for hydroxylation is 1. The summed E-state index contributed by atoms with van der Waals surface area (Å²) in [6.45, 7) is 3.27. The van der Waals surface area contributed by atoms with Crippen LogP contribution < -0.4 is 20.5 Å². The molecule has 1 aromatic heterocycles. The third-order valence-electron chi connectivity index (χ3n) is 9.57. The molecule has 0 bridgehead atoms. The van der Waals surface area contributed by atoms with Gasteiger partial charge >= 0.3 is 0 Å². The van der Waals surface area contributed by atoms with Gasteiger partial charge in [0.1, 0.15) is 28.9 Å². The summed E-state index contributed by atoms with van der Waals surface area (Å²) in [6, 6.07) is 2.57. The molecule has 6 rings (SSSR count). The van der Waals surface area contributed by atoms with Crippen LogP contribution in [0.25, 0.3) is 11.0 Å². The predicted molar refractivity (Wildman–Crippen MR) is 163 cm³/mol. The molecule has 0 spiro atoms. The highest BCUT2D eigenvalue weighted by Gasteiger charge is 2.63. The van der Waals surface area contributed by atoms with E-state index in [1.807, 2.05) is 12.2 Å². The molecule has 2 aliphatic carbocycles. The standard InChI is InChI=1S/C31H39FN6O6S/c1-18-27(35-25-21(32)10-8-12-23(25)34-18)44-20-15-24-26(39)36-31(29(41)37-45(42,43)30(2)13-14-30)16-19(31)9-6-4-3-5-7-11-22(33)28(40)38(24)17-20/h6,8-10,12,19-20,22,24H,3-5,7,11,13-17,33H2,1-2H3,(H,36,39)(H,37,41)/b9-6-/t19-,20-,22+,24?,31-/m1/s1. The van der Waals surface area contributed by atoms with Crippen molar-refractivity contribution in [2.24, 2.45) is 11.7 Å². The number of aromatic nitrogens is 2. The highest BCUT2D eigenvalue weighted by molar-refractivity contribution is 7.91. The Hall–Kier alpha value is -3.65. The normalized spacial score (nSPS) is 30.7. The van der Waals surface area contributed by atoms with E-state index in [1.54, 1.807) is 19.9 Å². The fourth-order valence-electron chi connectivity index (χ4n) is 6.23. The molecule has 2 saturated carbocycles. The Morgan fingerprint density at radius 3 is 2.73 bits per heavy atom. The van der Waals surface area contributed by atoms with Crippen molar-refractivity contribution in [2.45, 2.75) is 100 Å².